The van der Waals surface area contributed by atoms with E-state index in [-0.39, 0.29) is 23.4 Å². The number of nitrogens with zero attached hydrogens (tertiary/aromatic N) is 2. The second-order valence-electron chi connectivity index (χ2n) is 9.60. The molecule has 0 saturated carbocycles. The van der Waals surface area contributed by atoms with Crippen LogP contribution in [-0.4, -0.2) is 48.0 Å². The van der Waals surface area contributed by atoms with Gasteiger partial charge in [0.2, 0.25) is 0 Å². The van der Waals surface area contributed by atoms with E-state index in [0.717, 1.165) is 56.8 Å². The Balaban J connectivity index is 0.000000821. The molecule has 174 valence electrons. The van der Waals surface area contributed by atoms with Crippen LogP contribution in [0.15, 0.2) is 48.5 Å². The van der Waals surface area contributed by atoms with Crippen LogP contribution in [0.25, 0.3) is 0 Å². The van der Waals surface area contributed by atoms with Crippen LogP contribution >= 0.6 is 0 Å². The molecule has 3 aliphatic heterocycles. The van der Waals surface area contributed by atoms with Gasteiger partial charge in [-0.1, -0.05) is 36.4 Å². The summed E-state index contributed by atoms with van der Waals surface area (Å²) < 4.78 is 12.3. The van der Waals surface area contributed by atoms with E-state index >= 15 is 0 Å². The van der Waals surface area contributed by atoms with Crippen molar-refractivity contribution in [1.29, 1.82) is 0 Å². The first-order valence-electron chi connectivity index (χ1n) is 11.4. The summed E-state index contributed by atoms with van der Waals surface area (Å²) in [7, 11) is 0. The lowest BCUT2D eigenvalue weighted by atomic mass is 9.90. The number of rotatable bonds is 3. The fraction of sp³-hybridized carbons (Fsp3) is 0.462. The number of ether oxygens (including phenoxy) is 2. The van der Waals surface area contributed by atoms with Crippen LogP contribution in [0.1, 0.15) is 44.2 Å². The van der Waals surface area contributed by atoms with Gasteiger partial charge < -0.3 is 9.47 Å². The van der Waals surface area contributed by atoms with Gasteiger partial charge in [0.1, 0.15) is 17.0 Å². The smallest absolute Gasteiger partial charge is 0.415 e. The Hall–Kier alpha value is -3.15. The molecule has 0 radical (unpaired) electrons. The van der Waals surface area contributed by atoms with Crippen molar-refractivity contribution in [2.45, 2.75) is 57.3 Å². The van der Waals surface area contributed by atoms with Gasteiger partial charge in [0.15, 0.2) is 0 Å². The topological polar surface area (TPSA) is 76.2 Å². The first kappa shape index (κ1) is 23.0. The molecule has 1 amide bonds. The summed E-state index contributed by atoms with van der Waals surface area (Å²) in [6.07, 6.45) is 3.89. The Morgan fingerprint density at radius 1 is 0.939 bits per heavy atom. The number of piperidine rings is 1. The molecule has 0 aliphatic carbocycles. The molecule has 33 heavy (non-hydrogen) atoms. The SMILES string of the molecule is CC1(C)CCc2cccc(CN3CCC4(CC3)CN(c3ccccc3)C(=O)O4)c2O1.O=C=O. The number of aryl methyl sites for hydroxylation is 1. The number of carbonyl (C=O) groups is 1. The largest absolute Gasteiger partial charge is 0.487 e. The molecule has 2 aromatic rings. The van der Waals surface area contributed by atoms with Gasteiger partial charge in [-0.15, -0.1) is 0 Å². The summed E-state index contributed by atoms with van der Waals surface area (Å²) in [5.74, 6) is 1.08. The lowest BCUT2D eigenvalue weighted by Crippen LogP contribution is -2.46. The summed E-state index contributed by atoms with van der Waals surface area (Å²) in [5, 5.41) is 0. The second kappa shape index (κ2) is 9.38. The van der Waals surface area contributed by atoms with Crippen LogP contribution in [0.3, 0.4) is 0 Å². The van der Waals surface area contributed by atoms with Crippen molar-refractivity contribution in [2.24, 2.45) is 0 Å². The zero-order valence-corrected chi connectivity index (χ0v) is 19.2. The van der Waals surface area contributed by atoms with Crippen molar-refractivity contribution in [1.82, 2.24) is 4.90 Å². The minimum Gasteiger partial charge on any atom is -0.487 e. The van der Waals surface area contributed by atoms with Gasteiger partial charge in [0.05, 0.1) is 6.54 Å². The quantitative estimate of drug-likeness (QED) is 0.698. The Bertz CT molecular complexity index is 1020. The number of para-hydroxylation sites is 2. The average Bonchev–Trinajstić information content (AvgIpc) is 3.12. The number of likely N-dealkylation sites (tertiary alicyclic amines) is 1. The molecule has 0 N–H and O–H groups in total. The number of fused-ring (bicyclic) bond motifs is 1. The number of anilines is 1. The molecule has 0 aromatic heterocycles. The van der Waals surface area contributed by atoms with E-state index in [9.17, 15) is 4.79 Å². The highest BCUT2D eigenvalue weighted by atomic mass is 16.6. The van der Waals surface area contributed by atoms with Gasteiger partial charge in [-0.25, -0.2) is 4.79 Å². The number of carbonyl (C=O) groups excluding carboxylic acids is 3. The molecule has 3 aliphatic rings. The maximum absolute atomic E-state index is 12.5. The fourth-order valence-corrected chi connectivity index (χ4v) is 4.90. The fourth-order valence-electron chi connectivity index (χ4n) is 4.90. The van der Waals surface area contributed by atoms with Crippen LogP contribution < -0.4 is 9.64 Å². The zero-order valence-electron chi connectivity index (χ0n) is 19.2. The van der Waals surface area contributed by atoms with E-state index in [1.54, 1.807) is 4.90 Å². The van der Waals surface area contributed by atoms with E-state index in [1.807, 2.05) is 30.3 Å². The van der Waals surface area contributed by atoms with Gasteiger partial charge in [-0.05, 0) is 44.4 Å². The summed E-state index contributed by atoms with van der Waals surface area (Å²) in [6.45, 7) is 7.70. The Labute approximate surface area is 194 Å². The van der Waals surface area contributed by atoms with E-state index in [4.69, 9.17) is 19.1 Å². The molecule has 0 bridgehead atoms. The molecule has 2 saturated heterocycles. The molecule has 0 atom stereocenters. The van der Waals surface area contributed by atoms with Crippen molar-refractivity contribution < 1.29 is 23.9 Å². The maximum atomic E-state index is 12.5. The molecule has 7 heteroatoms. The third-order valence-electron chi connectivity index (χ3n) is 6.75. The van der Waals surface area contributed by atoms with Crippen molar-refractivity contribution in [3.8, 4) is 5.75 Å². The van der Waals surface area contributed by atoms with Gasteiger partial charge >= 0.3 is 12.2 Å². The molecule has 1 spiro atoms. The van der Waals surface area contributed by atoms with Crippen molar-refractivity contribution in [3.63, 3.8) is 0 Å². The van der Waals surface area contributed by atoms with Crippen molar-refractivity contribution in [3.05, 3.63) is 59.7 Å². The average molecular weight is 451 g/mol. The minimum absolute atomic E-state index is 0.103. The molecule has 3 heterocycles. The number of benzene rings is 2. The van der Waals surface area contributed by atoms with Gasteiger partial charge in [-0.2, -0.15) is 9.59 Å². The number of amides is 1. The highest BCUT2D eigenvalue weighted by molar-refractivity contribution is 5.90. The third kappa shape index (κ3) is 5.10. The predicted octanol–water partition coefficient (Wildman–Crippen LogP) is 4.20. The highest BCUT2D eigenvalue weighted by Gasteiger charge is 2.47. The number of hydrogen-bond donors (Lipinski definition) is 0. The van der Waals surface area contributed by atoms with Crippen LogP contribution in [0.2, 0.25) is 0 Å². The Kier molecular flexibility index (Phi) is 6.54. The number of hydrogen-bond acceptors (Lipinski definition) is 6. The van der Waals surface area contributed by atoms with Crippen molar-refractivity contribution >= 4 is 17.9 Å². The summed E-state index contributed by atoms with van der Waals surface area (Å²) in [4.78, 5) is 33.0. The first-order chi connectivity index (χ1) is 15.8. The molecule has 0 unspecified atom stereocenters. The van der Waals surface area contributed by atoms with Crippen LogP contribution in [-0.2, 0) is 27.3 Å². The Morgan fingerprint density at radius 2 is 1.64 bits per heavy atom. The Morgan fingerprint density at radius 3 is 2.33 bits per heavy atom. The standard InChI is InChI=1S/C25H30N2O3.CO2/c1-24(2)12-11-19-7-6-8-20(22(19)29-24)17-26-15-13-25(14-16-26)18-27(23(28)30-25)21-9-4-3-5-10-21;2-1-3/h3-10H,11-18H2,1-2H3;. The molecular formula is C26H30N2O5. The van der Waals surface area contributed by atoms with Crippen LogP contribution in [0.4, 0.5) is 10.5 Å². The maximum Gasteiger partial charge on any atom is 0.415 e. The van der Waals surface area contributed by atoms with Gasteiger partial charge in [0.25, 0.3) is 0 Å². The van der Waals surface area contributed by atoms with Crippen molar-refractivity contribution in [2.75, 3.05) is 24.5 Å². The van der Waals surface area contributed by atoms with E-state index in [1.165, 1.54) is 11.1 Å². The zero-order chi connectivity index (χ0) is 23.5. The lowest BCUT2D eigenvalue weighted by molar-refractivity contribution is -0.191. The highest BCUT2D eigenvalue weighted by Crippen LogP contribution is 2.39. The molecule has 2 fully saturated rings. The summed E-state index contributed by atoms with van der Waals surface area (Å²) in [5.41, 5.74) is 3.04. The summed E-state index contributed by atoms with van der Waals surface area (Å²) >= 11 is 0. The molecule has 2 aromatic carbocycles. The predicted molar refractivity (Wildman–Crippen MR) is 122 cm³/mol. The molecular weight excluding hydrogens is 420 g/mol. The lowest BCUT2D eigenvalue weighted by Gasteiger charge is -2.38. The van der Waals surface area contributed by atoms with Gasteiger partial charge in [-0.3, -0.25) is 9.80 Å². The monoisotopic (exact) mass is 450 g/mol. The molecule has 5 rings (SSSR count). The van der Waals surface area contributed by atoms with E-state index in [2.05, 4.69) is 36.9 Å². The minimum atomic E-state index is -0.363. The first-order valence-corrected chi connectivity index (χ1v) is 11.4. The van der Waals surface area contributed by atoms with E-state index < -0.39 is 0 Å². The second-order valence-corrected chi connectivity index (χ2v) is 9.60. The summed E-state index contributed by atoms with van der Waals surface area (Å²) in [6, 6.07) is 16.3. The van der Waals surface area contributed by atoms with Gasteiger partial charge in [0, 0.05) is 43.7 Å². The van der Waals surface area contributed by atoms with E-state index in [0.29, 0.717) is 6.54 Å². The van der Waals surface area contributed by atoms with Crippen LogP contribution in [0, 0.1) is 0 Å². The van der Waals surface area contributed by atoms with Crippen LogP contribution in [0.5, 0.6) is 5.75 Å². The normalized spacial score (nSPS) is 20.7. The molecule has 7 nitrogen and oxygen atoms in total. The third-order valence-corrected chi connectivity index (χ3v) is 6.75.